The molecule has 390 valence electrons. The zero-order valence-corrected chi connectivity index (χ0v) is 43.0. The molecule has 2 fully saturated rings. The summed E-state index contributed by atoms with van der Waals surface area (Å²) in [6, 6.07) is 9.68. The van der Waals surface area contributed by atoms with Crippen molar-refractivity contribution in [3.8, 4) is 27.3 Å². The lowest BCUT2D eigenvalue weighted by Gasteiger charge is -2.35. The van der Waals surface area contributed by atoms with Crippen LogP contribution < -0.4 is 26.6 Å². The Morgan fingerprint density at radius 2 is 1.74 bits per heavy atom. The maximum atomic E-state index is 16.5. The van der Waals surface area contributed by atoms with Gasteiger partial charge in [-0.05, 0) is 48.6 Å². The highest BCUT2D eigenvalue weighted by Gasteiger charge is 2.45. The van der Waals surface area contributed by atoms with Crippen molar-refractivity contribution in [3.63, 3.8) is 0 Å². The fourth-order valence-corrected chi connectivity index (χ4v) is 9.91. The number of hydrogen-bond acceptors (Lipinski definition) is 14. The van der Waals surface area contributed by atoms with E-state index < -0.39 is 88.5 Å². The number of nitrogens with two attached hydrogens (primary N) is 1. The Hall–Kier alpha value is -6.75. The molecular weight excluding hydrogens is 988 g/mol. The van der Waals surface area contributed by atoms with Gasteiger partial charge in [0.15, 0.2) is 5.82 Å². The highest BCUT2D eigenvalue weighted by atomic mass is 35.5. The molecule has 2 aliphatic rings. The van der Waals surface area contributed by atoms with Crippen LogP contribution in [0.4, 0.5) is 25.3 Å². The fraction of sp³-hybridized carbons (Fsp3) is 0.440. The van der Waals surface area contributed by atoms with Crippen molar-refractivity contribution in [2.24, 2.45) is 11.1 Å². The third-order valence-electron chi connectivity index (χ3n) is 12.9. The Bertz CT molecular complexity index is 2840. The number of aromatic hydroxyl groups is 1. The highest BCUT2D eigenvalue weighted by Crippen LogP contribution is 2.43. The van der Waals surface area contributed by atoms with Gasteiger partial charge in [-0.3, -0.25) is 19.2 Å². The quantitative estimate of drug-likeness (QED) is 0.0656. The third kappa shape index (κ3) is 12.5. The molecule has 0 spiro atoms. The van der Waals surface area contributed by atoms with E-state index in [2.05, 4.69) is 30.9 Å². The number of nitrogens with zero attached hydrogens (tertiary/aromatic N) is 7. The van der Waals surface area contributed by atoms with E-state index in [0.29, 0.717) is 0 Å². The molecule has 6 amide bonds. The summed E-state index contributed by atoms with van der Waals surface area (Å²) in [6.07, 6.45) is -0.983. The first-order valence-corrected chi connectivity index (χ1v) is 25.0. The van der Waals surface area contributed by atoms with E-state index in [4.69, 9.17) is 22.1 Å². The maximum absolute atomic E-state index is 16.5. The number of anilines is 2. The molecule has 0 bridgehead atoms. The zero-order chi connectivity index (χ0) is 52.9. The summed E-state index contributed by atoms with van der Waals surface area (Å²) < 4.78 is 37.1. The number of aliphatic hydroxyl groups excluding tert-OH is 1. The summed E-state index contributed by atoms with van der Waals surface area (Å²) in [5.41, 5.74) is 8.20. The first kappa shape index (κ1) is 54.0. The zero-order valence-electron chi connectivity index (χ0n) is 41.4. The molecule has 7 rings (SSSR count). The van der Waals surface area contributed by atoms with Crippen LogP contribution in [0.3, 0.4) is 0 Å². The maximum Gasteiger partial charge on any atom is 0.314 e. The molecule has 73 heavy (non-hydrogen) atoms. The number of hydrogen-bond donors (Lipinski definition) is 6. The molecule has 4 atom stereocenters. The van der Waals surface area contributed by atoms with Crippen LogP contribution in [0, 0.1) is 24.0 Å². The average Bonchev–Trinajstić information content (AvgIpc) is 3.97. The van der Waals surface area contributed by atoms with Gasteiger partial charge in [-0.15, -0.1) is 11.3 Å². The number of likely N-dealkylation sites (N-methyl/N-ethyl adjacent to an activating group) is 1. The van der Waals surface area contributed by atoms with Gasteiger partial charge in [0.1, 0.15) is 41.6 Å². The number of thiazole rings is 1. The standard InChI is InChI=1S/C50H60ClF2N11O8S/c1-27(29-10-12-30(13-11-29)43-28(2)56-26-73-43)57-46(69)35-22-31(65)24-64(35)47(70)44(50(3,4)5)58-37(67)25-72-21-20-61(6)38(68)14-15-55-49-59-42-32(45(60-49)62-16-18-63(19-17-62)48(54)71)23-33(51)39(41(42)53)40-34(52)8-7-9-36(40)66/h7-13,23,26-27,31,35,44,65-66H,14-22,24-25H2,1-6H3,(H2,54,71)(H,57,69)(H,58,67)(H,55,59,60)/t27-,31+,35-,44+/m0/s1. The molecule has 7 N–H and O–H groups in total. The number of carbonyl (C=O) groups is 5. The third-order valence-corrected chi connectivity index (χ3v) is 14.2. The van der Waals surface area contributed by atoms with Crippen molar-refractivity contribution in [1.29, 1.82) is 0 Å². The Balaban J connectivity index is 0.921. The minimum atomic E-state index is -1.08. The number of urea groups is 1. The van der Waals surface area contributed by atoms with Crippen molar-refractivity contribution in [1.82, 2.24) is 40.3 Å². The number of halogens is 3. The summed E-state index contributed by atoms with van der Waals surface area (Å²) >= 11 is 8.10. The van der Waals surface area contributed by atoms with Gasteiger partial charge >= 0.3 is 6.03 Å². The van der Waals surface area contributed by atoms with Crippen LogP contribution >= 0.6 is 22.9 Å². The number of aliphatic hydroxyl groups is 1. The van der Waals surface area contributed by atoms with Gasteiger partial charge in [0.05, 0.1) is 45.4 Å². The van der Waals surface area contributed by atoms with E-state index in [1.807, 2.05) is 38.1 Å². The lowest BCUT2D eigenvalue weighted by molar-refractivity contribution is -0.144. The first-order valence-electron chi connectivity index (χ1n) is 23.7. The Morgan fingerprint density at radius 3 is 2.38 bits per heavy atom. The molecule has 2 aliphatic heterocycles. The van der Waals surface area contributed by atoms with Crippen LogP contribution in [-0.4, -0.2) is 154 Å². The Morgan fingerprint density at radius 1 is 1.03 bits per heavy atom. The SMILES string of the molecule is Cc1ncsc1-c1ccc([C@H](C)NC(=O)[C@@H]2C[C@@H](O)CN2C(=O)[C@@H](NC(=O)COCCN(C)C(=O)CCNc2nc(N3CCN(C(N)=O)CC3)c3cc(Cl)c(-c4c(O)cccc4F)c(F)c3n2)C(C)(C)C)cc1. The summed E-state index contributed by atoms with van der Waals surface area (Å²) in [6.45, 7) is 9.72. The van der Waals surface area contributed by atoms with E-state index in [1.54, 1.807) is 49.6 Å². The molecule has 0 unspecified atom stereocenters. The molecular formula is C50H60ClF2N11O8S. The van der Waals surface area contributed by atoms with Crippen LogP contribution in [0.2, 0.25) is 5.02 Å². The van der Waals surface area contributed by atoms with Crippen molar-refractivity contribution in [3.05, 3.63) is 82.0 Å². The van der Waals surface area contributed by atoms with E-state index in [9.17, 15) is 34.2 Å². The van der Waals surface area contributed by atoms with Crippen LogP contribution in [0.5, 0.6) is 5.75 Å². The smallest absolute Gasteiger partial charge is 0.314 e. The lowest BCUT2D eigenvalue weighted by atomic mass is 9.85. The number of amides is 6. The van der Waals surface area contributed by atoms with Crippen molar-refractivity contribution < 1.29 is 47.7 Å². The number of β-amino-alcohol motifs (C(OH)–C–C–N with tert-alkyl or cyclic N) is 1. The van der Waals surface area contributed by atoms with Crippen LogP contribution in [0.15, 0.2) is 54.0 Å². The predicted octanol–water partition coefficient (Wildman–Crippen LogP) is 5.21. The Kier molecular flexibility index (Phi) is 17.0. The number of nitrogens with one attached hydrogen (secondary N) is 3. The van der Waals surface area contributed by atoms with Gasteiger partial charge in [0.25, 0.3) is 0 Å². The normalized spacial score (nSPS) is 16.8. The molecule has 0 aliphatic carbocycles. The molecule has 2 aromatic heterocycles. The number of rotatable bonds is 17. The Labute approximate surface area is 430 Å². The van der Waals surface area contributed by atoms with Crippen molar-refractivity contribution in [2.75, 3.05) is 76.3 Å². The predicted molar refractivity (Wildman–Crippen MR) is 273 cm³/mol. The largest absolute Gasteiger partial charge is 0.507 e. The number of ether oxygens (including phenoxy) is 1. The van der Waals surface area contributed by atoms with E-state index in [0.717, 1.165) is 27.8 Å². The van der Waals surface area contributed by atoms with Crippen molar-refractivity contribution in [2.45, 2.75) is 71.7 Å². The summed E-state index contributed by atoms with van der Waals surface area (Å²) in [5.74, 6) is -4.12. The molecule has 4 heterocycles. The molecule has 0 radical (unpaired) electrons. The minimum Gasteiger partial charge on any atom is -0.507 e. The first-order chi connectivity index (χ1) is 34.6. The number of aromatic nitrogens is 3. The number of benzene rings is 3. The number of fused-ring (bicyclic) bond motifs is 1. The number of primary amides is 1. The number of phenolic OH excluding ortho intramolecular Hbond substituents is 1. The summed E-state index contributed by atoms with van der Waals surface area (Å²) in [4.78, 5) is 86.5. The van der Waals surface area contributed by atoms with E-state index >= 15 is 8.78 Å². The molecule has 23 heteroatoms. The molecule has 5 aromatic rings. The molecule has 2 saturated heterocycles. The van der Waals surface area contributed by atoms with Crippen LogP contribution in [-0.2, 0) is 23.9 Å². The van der Waals surface area contributed by atoms with Crippen LogP contribution in [0.1, 0.15) is 57.8 Å². The number of carbonyl (C=O) groups excluding carboxylic acids is 5. The number of likely N-dealkylation sites (tertiary alicyclic amines) is 1. The van der Waals surface area contributed by atoms with E-state index in [-0.39, 0.29) is 98.9 Å². The van der Waals surface area contributed by atoms with E-state index in [1.165, 1.54) is 32.9 Å². The second-order valence-electron chi connectivity index (χ2n) is 19.2. The van der Waals surface area contributed by atoms with Gasteiger partial charge in [-0.25, -0.2) is 23.5 Å². The van der Waals surface area contributed by atoms with Crippen LogP contribution in [0.25, 0.3) is 32.5 Å². The fourth-order valence-electron chi connectivity index (χ4n) is 8.81. The molecule has 3 aromatic carbocycles. The van der Waals surface area contributed by atoms with Gasteiger partial charge in [-0.1, -0.05) is 62.7 Å². The minimum absolute atomic E-state index is 0.00290. The van der Waals surface area contributed by atoms with Gasteiger partial charge < -0.3 is 56.2 Å². The average molecular weight is 1050 g/mol. The number of aryl methyl sites for hydroxylation is 1. The van der Waals surface area contributed by atoms with Gasteiger partial charge in [-0.2, -0.15) is 4.98 Å². The highest BCUT2D eigenvalue weighted by molar-refractivity contribution is 7.13. The molecule has 0 saturated carbocycles. The summed E-state index contributed by atoms with van der Waals surface area (Å²) in [7, 11) is 1.55. The molecule has 19 nitrogen and oxygen atoms in total. The van der Waals surface area contributed by atoms with Gasteiger partial charge in [0, 0.05) is 76.7 Å². The number of phenols is 1. The monoisotopic (exact) mass is 1050 g/mol. The van der Waals surface area contributed by atoms with Crippen molar-refractivity contribution >= 4 is 75.3 Å². The number of piperazine rings is 1. The topological polar surface area (TPSA) is 249 Å². The lowest BCUT2D eigenvalue weighted by Crippen LogP contribution is -2.58. The second kappa shape index (κ2) is 23.0. The summed E-state index contributed by atoms with van der Waals surface area (Å²) in [5, 5.41) is 29.9. The second-order valence-corrected chi connectivity index (χ2v) is 20.4. The van der Waals surface area contributed by atoms with Gasteiger partial charge in [0.2, 0.25) is 29.6 Å².